The van der Waals surface area contributed by atoms with Crippen molar-refractivity contribution < 1.29 is 9.47 Å². The molecule has 16 heavy (non-hydrogen) atoms. The highest BCUT2D eigenvalue weighted by molar-refractivity contribution is 5.63. The van der Waals surface area contributed by atoms with Crippen LogP contribution in [0.4, 0.5) is 11.4 Å². The van der Waals surface area contributed by atoms with E-state index in [0.29, 0.717) is 12.3 Å². The minimum atomic E-state index is 0.696. The number of likely N-dealkylation sites (N-methyl/N-ethyl adjacent to an activating group) is 1. The van der Waals surface area contributed by atoms with Gasteiger partial charge in [0.2, 0.25) is 0 Å². The Hall–Kier alpha value is -1.42. The molecule has 0 aliphatic rings. The summed E-state index contributed by atoms with van der Waals surface area (Å²) in [5.41, 5.74) is 7.49. The van der Waals surface area contributed by atoms with Crippen molar-refractivity contribution in [2.45, 2.75) is 6.92 Å². The molecule has 0 aliphatic heterocycles. The van der Waals surface area contributed by atoms with Crippen LogP contribution in [0.2, 0.25) is 0 Å². The lowest BCUT2D eigenvalue weighted by Gasteiger charge is -2.24. The quantitative estimate of drug-likeness (QED) is 0.748. The maximum absolute atomic E-state index is 5.72. The van der Waals surface area contributed by atoms with Gasteiger partial charge < -0.3 is 20.1 Å². The molecule has 0 spiro atoms. The van der Waals surface area contributed by atoms with Crippen molar-refractivity contribution in [2.75, 3.05) is 44.5 Å². The van der Waals surface area contributed by atoms with E-state index < -0.39 is 0 Å². The van der Waals surface area contributed by atoms with Gasteiger partial charge in [-0.1, -0.05) is 0 Å². The molecule has 1 rings (SSSR count). The molecule has 4 nitrogen and oxygen atoms in total. The highest BCUT2D eigenvalue weighted by Gasteiger charge is 2.10. The van der Waals surface area contributed by atoms with Crippen LogP contribution in [0.5, 0.6) is 5.75 Å². The predicted molar refractivity (Wildman–Crippen MR) is 67.2 cm³/mol. The first-order valence-electron chi connectivity index (χ1n) is 5.40. The van der Waals surface area contributed by atoms with Crippen LogP contribution in [0.15, 0.2) is 18.2 Å². The van der Waals surface area contributed by atoms with Gasteiger partial charge in [-0.2, -0.15) is 0 Å². The first-order chi connectivity index (χ1) is 7.72. The molecule has 1 aromatic rings. The third-order valence-electron chi connectivity index (χ3n) is 2.49. The van der Waals surface area contributed by atoms with Crippen molar-refractivity contribution in [3.8, 4) is 5.75 Å². The van der Waals surface area contributed by atoms with Gasteiger partial charge in [0.1, 0.15) is 5.75 Å². The topological polar surface area (TPSA) is 47.7 Å². The van der Waals surface area contributed by atoms with E-state index in [2.05, 4.69) is 11.8 Å². The van der Waals surface area contributed by atoms with Crippen molar-refractivity contribution in [3.05, 3.63) is 18.2 Å². The number of anilines is 2. The lowest BCUT2D eigenvalue weighted by molar-refractivity contribution is 0.205. The van der Waals surface area contributed by atoms with Gasteiger partial charge in [0.25, 0.3) is 0 Å². The summed E-state index contributed by atoms with van der Waals surface area (Å²) in [5.74, 6) is 0.804. The number of nitrogens with two attached hydrogens (primary N) is 1. The Morgan fingerprint density at radius 2 is 2.06 bits per heavy atom. The predicted octanol–water partition coefficient (Wildman–Crippen LogP) is 1.75. The summed E-state index contributed by atoms with van der Waals surface area (Å²) in [5, 5.41) is 0. The number of hydrogen-bond donors (Lipinski definition) is 1. The number of ether oxygens (including phenoxy) is 2. The van der Waals surface area contributed by atoms with Gasteiger partial charge in [-0.05, 0) is 19.1 Å². The van der Waals surface area contributed by atoms with E-state index in [-0.39, 0.29) is 0 Å². The molecule has 0 amide bonds. The number of benzene rings is 1. The van der Waals surface area contributed by atoms with E-state index in [4.69, 9.17) is 15.2 Å². The maximum atomic E-state index is 5.72. The van der Waals surface area contributed by atoms with Crippen molar-refractivity contribution >= 4 is 11.4 Å². The smallest absolute Gasteiger partial charge is 0.144 e. The van der Waals surface area contributed by atoms with Crippen LogP contribution < -0.4 is 15.4 Å². The molecule has 0 aromatic heterocycles. The summed E-state index contributed by atoms with van der Waals surface area (Å²) in [6.45, 7) is 4.55. The molecule has 2 N–H and O–H groups in total. The molecule has 0 heterocycles. The second-order valence-corrected chi connectivity index (χ2v) is 3.50. The van der Waals surface area contributed by atoms with Crippen LogP contribution in [0.25, 0.3) is 0 Å². The second-order valence-electron chi connectivity index (χ2n) is 3.50. The van der Waals surface area contributed by atoms with E-state index >= 15 is 0 Å². The van der Waals surface area contributed by atoms with E-state index in [1.807, 2.05) is 18.2 Å². The molecular weight excluding hydrogens is 204 g/mol. The van der Waals surface area contributed by atoms with E-state index in [1.165, 1.54) is 0 Å². The summed E-state index contributed by atoms with van der Waals surface area (Å²) in [7, 11) is 3.36. The summed E-state index contributed by atoms with van der Waals surface area (Å²) >= 11 is 0. The van der Waals surface area contributed by atoms with Gasteiger partial charge in [-0.15, -0.1) is 0 Å². The zero-order valence-corrected chi connectivity index (χ0v) is 10.2. The van der Waals surface area contributed by atoms with Gasteiger partial charge >= 0.3 is 0 Å². The first kappa shape index (κ1) is 12.6. The summed E-state index contributed by atoms with van der Waals surface area (Å²) in [6.07, 6.45) is 0. The fourth-order valence-corrected chi connectivity index (χ4v) is 1.61. The SMILES string of the molecule is CCN(CCOC)c1ccc(N)cc1OC. The van der Waals surface area contributed by atoms with Crippen molar-refractivity contribution in [2.24, 2.45) is 0 Å². The van der Waals surface area contributed by atoms with Crippen LogP contribution in [-0.4, -0.2) is 33.9 Å². The van der Waals surface area contributed by atoms with Crippen LogP contribution in [0.3, 0.4) is 0 Å². The minimum Gasteiger partial charge on any atom is -0.495 e. The summed E-state index contributed by atoms with van der Waals surface area (Å²) < 4.78 is 10.4. The van der Waals surface area contributed by atoms with Crippen molar-refractivity contribution in [3.63, 3.8) is 0 Å². The zero-order chi connectivity index (χ0) is 12.0. The zero-order valence-electron chi connectivity index (χ0n) is 10.2. The molecule has 90 valence electrons. The number of methoxy groups -OCH3 is 2. The van der Waals surface area contributed by atoms with Gasteiger partial charge in [0.05, 0.1) is 19.4 Å². The average molecular weight is 224 g/mol. The molecule has 0 aliphatic carbocycles. The Morgan fingerprint density at radius 1 is 1.31 bits per heavy atom. The molecule has 0 atom stereocenters. The molecule has 0 saturated carbocycles. The van der Waals surface area contributed by atoms with Crippen LogP contribution in [-0.2, 0) is 4.74 Å². The van der Waals surface area contributed by atoms with Gasteiger partial charge in [-0.3, -0.25) is 0 Å². The van der Waals surface area contributed by atoms with Crippen molar-refractivity contribution in [1.82, 2.24) is 0 Å². The summed E-state index contributed by atoms with van der Waals surface area (Å²) in [4.78, 5) is 2.20. The van der Waals surface area contributed by atoms with Gasteiger partial charge in [0, 0.05) is 32.0 Å². The number of rotatable bonds is 6. The minimum absolute atomic E-state index is 0.696. The monoisotopic (exact) mass is 224 g/mol. The third-order valence-corrected chi connectivity index (χ3v) is 2.49. The molecule has 0 bridgehead atoms. The van der Waals surface area contributed by atoms with Gasteiger partial charge in [-0.25, -0.2) is 0 Å². The fraction of sp³-hybridized carbons (Fsp3) is 0.500. The van der Waals surface area contributed by atoms with E-state index in [0.717, 1.165) is 24.5 Å². The molecule has 1 aromatic carbocycles. The normalized spacial score (nSPS) is 10.2. The third kappa shape index (κ3) is 3.03. The standard InChI is InChI=1S/C12H20N2O2/c1-4-14(7-8-15-2)11-6-5-10(13)9-12(11)16-3/h5-6,9H,4,7-8,13H2,1-3H3. The fourth-order valence-electron chi connectivity index (χ4n) is 1.61. The molecule has 0 fully saturated rings. The molecular formula is C12H20N2O2. The Kier molecular flexibility index (Phi) is 4.92. The second kappa shape index (κ2) is 6.23. The lowest BCUT2D eigenvalue weighted by Crippen LogP contribution is -2.27. The molecule has 0 unspecified atom stereocenters. The Bertz CT molecular complexity index is 329. The highest BCUT2D eigenvalue weighted by Crippen LogP contribution is 2.29. The molecule has 0 saturated heterocycles. The largest absolute Gasteiger partial charge is 0.495 e. The number of hydrogen-bond acceptors (Lipinski definition) is 4. The van der Waals surface area contributed by atoms with Gasteiger partial charge in [0.15, 0.2) is 0 Å². The maximum Gasteiger partial charge on any atom is 0.144 e. The Balaban J connectivity index is 2.90. The van der Waals surface area contributed by atoms with E-state index in [1.54, 1.807) is 14.2 Å². The van der Waals surface area contributed by atoms with Crippen LogP contribution in [0.1, 0.15) is 6.92 Å². The molecule has 0 radical (unpaired) electrons. The summed E-state index contributed by atoms with van der Waals surface area (Å²) in [6, 6.07) is 5.70. The van der Waals surface area contributed by atoms with Crippen LogP contribution in [0, 0.1) is 0 Å². The van der Waals surface area contributed by atoms with Crippen LogP contribution >= 0.6 is 0 Å². The average Bonchev–Trinajstić information content (AvgIpc) is 2.31. The number of nitrogen functional groups attached to an aromatic ring is 1. The Morgan fingerprint density at radius 3 is 2.62 bits per heavy atom. The first-order valence-corrected chi connectivity index (χ1v) is 5.40. The number of nitrogens with zero attached hydrogens (tertiary/aromatic N) is 1. The molecule has 4 heteroatoms. The van der Waals surface area contributed by atoms with Crippen molar-refractivity contribution in [1.29, 1.82) is 0 Å². The highest BCUT2D eigenvalue weighted by atomic mass is 16.5. The Labute approximate surface area is 96.9 Å². The lowest BCUT2D eigenvalue weighted by atomic mass is 10.2. The van der Waals surface area contributed by atoms with E-state index in [9.17, 15) is 0 Å².